The quantitative estimate of drug-likeness (QED) is 0.326. The molecular weight excluding hydrogens is 486 g/mol. The van der Waals surface area contributed by atoms with E-state index in [9.17, 15) is 14.4 Å². The van der Waals surface area contributed by atoms with E-state index in [1.807, 2.05) is 37.3 Å². The van der Waals surface area contributed by atoms with Crippen molar-refractivity contribution < 1.29 is 24.3 Å². The van der Waals surface area contributed by atoms with Crippen LogP contribution in [0.4, 0.5) is 4.79 Å². The highest BCUT2D eigenvalue weighted by Crippen LogP contribution is 2.23. The van der Waals surface area contributed by atoms with E-state index in [2.05, 4.69) is 10.3 Å². The van der Waals surface area contributed by atoms with Crippen LogP contribution in [-0.2, 0) is 11.4 Å². The Balaban J connectivity index is 1.39. The van der Waals surface area contributed by atoms with Gasteiger partial charge in [-0.15, -0.1) is 0 Å². The average Bonchev–Trinajstić information content (AvgIpc) is 2.92. The van der Waals surface area contributed by atoms with Gasteiger partial charge in [-0.2, -0.15) is 0 Å². The van der Waals surface area contributed by atoms with Gasteiger partial charge in [0.05, 0.1) is 5.52 Å². The molecule has 10 heteroatoms. The summed E-state index contributed by atoms with van der Waals surface area (Å²) in [5, 5.41) is 13.0. The molecule has 1 aliphatic heterocycles. The average molecular weight is 520 g/mol. The molecule has 2 aromatic carbocycles. The fourth-order valence-electron chi connectivity index (χ4n) is 4.80. The standard InChI is InChI=1S/C28H33N5O5/c1-18-14-21(23-6-4-5-7-25(23)29-18)17-38-22-10-8-19(9-11-22)27(35)30-24-12-13-33(28(36)32(2)3)16-20(24)15-26(34)31-37/h4-11,14,20,24,37H,12-13,15-17H2,1-3H3,(H,30,35)(H,31,34)/t20-,24+/m0/s1. The van der Waals surface area contributed by atoms with Crippen molar-refractivity contribution in [2.24, 2.45) is 5.92 Å². The van der Waals surface area contributed by atoms with E-state index in [1.165, 1.54) is 4.90 Å². The van der Waals surface area contributed by atoms with Crippen molar-refractivity contribution in [2.45, 2.75) is 32.4 Å². The Bertz CT molecular complexity index is 1310. The summed E-state index contributed by atoms with van der Waals surface area (Å²) in [6.07, 6.45) is 0.476. The van der Waals surface area contributed by atoms with Crippen LogP contribution < -0.4 is 15.5 Å². The largest absolute Gasteiger partial charge is 0.489 e. The van der Waals surface area contributed by atoms with Crippen molar-refractivity contribution in [1.82, 2.24) is 25.6 Å². The zero-order chi connectivity index (χ0) is 27.2. The lowest BCUT2D eigenvalue weighted by Gasteiger charge is -2.39. The summed E-state index contributed by atoms with van der Waals surface area (Å²) < 4.78 is 6.00. The zero-order valence-electron chi connectivity index (χ0n) is 21.8. The number of likely N-dealkylation sites (tertiary alicyclic amines) is 1. The molecule has 2 heterocycles. The molecule has 0 bridgehead atoms. The number of fused-ring (bicyclic) bond motifs is 1. The van der Waals surface area contributed by atoms with Gasteiger partial charge in [0.1, 0.15) is 12.4 Å². The van der Waals surface area contributed by atoms with E-state index in [0.717, 1.165) is 22.2 Å². The van der Waals surface area contributed by atoms with E-state index in [4.69, 9.17) is 9.94 Å². The minimum atomic E-state index is -0.563. The first-order valence-corrected chi connectivity index (χ1v) is 12.5. The minimum Gasteiger partial charge on any atom is -0.489 e. The van der Waals surface area contributed by atoms with Crippen LogP contribution in [0.15, 0.2) is 54.6 Å². The number of aromatic nitrogens is 1. The SMILES string of the molecule is Cc1cc(COc2ccc(C(=O)N[C@@H]3CCN(C(=O)N(C)C)C[C@@H]3CC(=O)NO)cc2)c2ccccc2n1. The Hall–Kier alpha value is -4.18. The molecule has 4 amide bonds. The van der Waals surface area contributed by atoms with Gasteiger partial charge in [-0.25, -0.2) is 10.3 Å². The van der Waals surface area contributed by atoms with Crippen LogP contribution in [0.2, 0.25) is 0 Å². The number of nitrogens with zero attached hydrogens (tertiary/aromatic N) is 3. The molecule has 10 nitrogen and oxygen atoms in total. The molecule has 1 aromatic heterocycles. The second kappa shape index (κ2) is 11.9. The summed E-state index contributed by atoms with van der Waals surface area (Å²) >= 11 is 0. The van der Waals surface area contributed by atoms with Crippen molar-refractivity contribution in [3.8, 4) is 5.75 Å². The smallest absolute Gasteiger partial charge is 0.319 e. The number of nitrogens with one attached hydrogen (secondary N) is 2. The fraction of sp³-hybridized carbons (Fsp3) is 0.357. The van der Waals surface area contributed by atoms with Crippen LogP contribution in [0.1, 0.15) is 34.5 Å². The van der Waals surface area contributed by atoms with Gasteiger partial charge in [0, 0.05) is 67.8 Å². The van der Waals surface area contributed by atoms with Gasteiger partial charge in [-0.1, -0.05) is 18.2 Å². The predicted octanol–water partition coefficient (Wildman–Crippen LogP) is 3.12. The number of hydroxylamine groups is 1. The third kappa shape index (κ3) is 6.38. The fourth-order valence-corrected chi connectivity index (χ4v) is 4.80. The molecular formula is C28H33N5O5. The number of rotatable bonds is 7. The maximum Gasteiger partial charge on any atom is 0.319 e. The number of amides is 4. The summed E-state index contributed by atoms with van der Waals surface area (Å²) in [4.78, 5) is 45.0. The zero-order valence-corrected chi connectivity index (χ0v) is 21.8. The Morgan fingerprint density at radius 2 is 1.87 bits per heavy atom. The number of hydrogen-bond acceptors (Lipinski definition) is 6. The minimum absolute atomic E-state index is 0.0193. The number of piperidine rings is 1. The van der Waals surface area contributed by atoms with Crippen molar-refractivity contribution in [2.75, 3.05) is 27.2 Å². The van der Waals surface area contributed by atoms with E-state index in [0.29, 0.717) is 37.4 Å². The number of hydrogen-bond donors (Lipinski definition) is 3. The number of aryl methyl sites for hydroxylation is 1. The van der Waals surface area contributed by atoms with Crippen molar-refractivity contribution >= 4 is 28.7 Å². The summed E-state index contributed by atoms with van der Waals surface area (Å²) in [7, 11) is 3.33. The number of urea groups is 1. The van der Waals surface area contributed by atoms with Crippen molar-refractivity contribution in [3.63, 3.8) is 0 Å². The van der Waals surface area contributed by atoms with Gasteiger partial charge in [0.15, 0.2) is 0 Å². The lowest BCUT2D eigenvalue weighted by Crippen LogP contribution is -2.55. The molecule has 1 fully saturated rings. The Morgan fingerprint density at radius 1 is 1.13 bits per heavy atom. The van der Waals surface area contributed by atoms with Gasteiger partial charge in [0.2, 0.25) is 5.91 Å². The highest BCUT2D eigenvalue weighted by molar-refractivity contribution is 5.94. The van der Waals surface area contributed by atoms with E-state index < -0.39 is 5.91 Å². The van der Waals surface area contributed by atoms with Gasteiger partial charge in [-0.05, 0) is 49.7 Å². The number of ether oxygens (including phenoxy) is 1. The lowest BCUT2D eigenvalue weighted by atomic mass is 9.88. The Kier molecular flexibility index (Phi) is 8.42. The molecule has 200 valence electrons. The maximum atomic E-state index is 13.0. The maximum absolute atomic E-state index is 13.0. The van der Waals surface area contributed by atoms with Crippen LogP contribution in [0.25, 0.3) is 10.9 Å². The molecule has 0 radical (unpaired) electrons. The molecule has 0 spiro atoms. The van der Waals surface area contributed by atoms with E-state index >= 15 is 0 Å². The van der Waals surface area contributed by atoms with Crippen LogP contribution in [-0.4, -0.2) is 71.1 Å². The van der Waals surface area contributed by atoms with E-state index in [1.54, 1.807) is 48.7 Å². The summed E-state index contributed by atoms with van der Waals surface area (Å²) in [6.45, 7) is 3.07. The monoisotopic (exact) mass is 519 g/mol. The first kappa shape index (κ1) is 26.9. The Morgan fingerprint density at radius 3 is 2.58 bits per heavy atom. The molecule has 4 rings (SSSR count). The molecule has 0 unspecified atom stereocenters. The molecule has 38 heavy (non-hydrogen) atoms. The third-order valence-corrected chi connectivity index (χ3v) is 6.72. The number of benzene rings is 2. The van der Waals surface area contributed by atoms with Gasteiger partial charge < -0.3 is 19.9 Å². The van der Waals surface area contributed by atoms with Crippen LogP contribution >= 0.6 is 0 Å². The van der Waals surface area contributed by atoms with Crippen molar-refractivity contribution in [3.05, 3.63) is 71.4 Å². The normalized spacial score (nSPS) is 17.1. The number of carbonyl (C=O) groups excluding carboxylic acids is 3. The van der Waals surface area contributed by atoms with Crippen LogP contribution in [0.3, 0.4) is 0 Å². The molecule has 3 N–H and O–H groups in total. The second-order valence-corrected chi connectivity index (χ2v) is 9.74. The predicted molar refractivity (Wildman–Crippen MR) is 142 cm³/mol. The second-order valence-electron chi connectivity index (χ2n) is 9.74. The van der Waals surface area contributed by atoms with Crippen LogP contribution in [0, 0.1) is 12.8 Å². The highest BCUT2D eigenvalue weighted by atomic mass is 16.5. The summed E-state index contributed by atoms with van der Waals surface area (Å²) in [6, 6.07) is 16.3. The lowest BCUT2D eigenvalue weighted by molar-refractivity contribution is -0.130. The van der Waals surface area contributed by atoms with Crippen molar-refractivity contribution in [1.29, 1.82) is 0 Å². The van der Waals surface area contributed by atoms with Gasteiger partial charge in [0.25, 0.3) is 5.91 Å². The summed E-state index contributed by atoms with van der Waals surface area (Å²) in [5.41, 5.74) is 4.98. The Labute approximate surface area is 221 Å². The first-order valence-electron chi connectivity index (χ1n) is 12.5. The number of pyridine rings is 1. The van der Waals surface area contributed by atoms with Crippen LogP contribution in [0.5, 0.6) is 5.75 Å². The molecule has 3 aromatic rings. The molecule has 0 saturated carbocycles. The van der Waals surface area contributed by atoms with Gasteiger partial charge in [-0.3, -0.25) is 19.8 Å². The number of carbonyl (C=O) groups is 3. The molecule has 0 aliphatic carbocycles. The molecule has 1 saturated heterocycles. The van der Waals surface area contributed by atoms with Gasteiger partial charge >= 0.3 is 6.03 Å². The third-order valence-electron chi connectivity index (χ3n) is 6.72. The number of para-hydroxylation sites is 1. The highest BCUT2D eigenvalue weighted by Gasteiger charge is 2.34. The first-order chi connectivity index (χ1) is 18.2. The summed E-state index contributed by atoms with van der Waals surface area (Å²) in [5.74, 6) is -0.552. The molecule has 1 aliphatic rings. The molecule has 2 atom stereocenters. The topological polar surface area (TPSA) is 124 Å². The van der Waals surface area contributed by atoms with E-state index in [-0.39, 0.29) is 30.3 Å².